The predicted molar refractivity (Wildman–Crippen MR) is 148 cm³/mol. The van der Waals surface area contributed by atoms with Crippen LogP contribution in [0.3, 0.4) is 0 Å². The maximum Gasteiger partial charge on any atom is 0.134 e. The number of phenols is 1. The largest absolute Gasteiger partial charge is 0.507 e. The lowest BCUT2D eigenvalue weighted by Crippen LogP contribution is -2.07. The standard InChI is InChI=1S/C31H34O4S/c1-4-11-24-28(14-8-15-29(24)35-27-13-7-6-12-22(27)3)33-17-10-18-34-30-21-26(32)25(20-23(30)5-2)31-16-9-19-36-31/h6-9,12-16,19-21,32H,4-5,10-11,17-18H2,1-3H3. The van der Waals surface area contributed by atoms with Crippen molar-refractivity contribution in [2.45, 2.75) is 46.5 Å². The Morgan fingerprint density at radius 3 is 2.28 bits per heavy atom. The average molecular weight is 503 g/mol. The quantitative estimate of drug-likeness (QED) is 0.197. The Morgan fingerprint density at radius 1 is 0.806 bits per heavy atom. The molecule has 0 aliphatic rings. The molecule has 0 unspecified atom stereocenters. The molecule has 0 saturated carbocycles. The Labute approximate surface area is 218 Å². The first kappa shape index (κ1) is 25.6. The molecule has 5 heteroatoms. The molecule has 0 bridgehead atoms. The van der Waals surface area contributed by atoms with Crippen LogP contribution in [0.5, 0.6) is 28.7 Å². The van der Waals surface area contributed by atoms with Crippen LogP contribution in [0.4, 0.5) is 0 Å². The van der Waals surface area contributed by atoms with Crippen molar-refractivity contribution >= 4 is 11.3 Å². The lowest BCUT2D eigenvalue weighted by Gasteiger charge is -2.17. The molecule has 188 valence electrons. The first-order chi connectivity index (χ1) is 17.6. The van der Waals surface area contributed by atoms with Crippen LogP contribution in [0, 0.1) is 6.92 Å². The number of phenolic OH excluding ortho intramolecular Hbond substituents is 1. The molecule has 4 aromatic rings. The van der Waals surface area contributed by atoms with Gasteiger partial charge in [0.15, 0.2) is 0 Å². The summed E-state index contributed by atoms with van der Waals surface area (Å²) in [4.78, 5) is 1.05. The Kier molecular flexibility index (Phi) is 8.90. The van der Waals surface area contributed by atoms with Gasteiger partial charge in [-0.15, -0.1) is 11.3 Å². The maximum atomic E-state index is 10.6. The monoisotopic (exact) mass is 502 g/mol. The Bertz CT molecular complexity index is 1260. The number of thiophene rings is 1. The van der Waals surface area contributed by atoms with Gasteiger partial charge in [0.1, 0.15) is 28.7 Å². The molecule has 0 spiro atoms. The smallest absolute Gasteiger partial charge is 0.134 e. The number of para-hydroxylation sites is 1. The first-order valence-electron chi connectivity index (χ1n) is 12.6. The summed E-state index contributed by atoms with van der Waals surface area (Å²) < 4.78 is 18.5. The third kappa shape index (κ3) is 6.21. The highest BCUT2D eigenvalue weighted by atomic mass is 32.1. The Morgan fingerprint density at radius 2 is 1.56 bits per heavy atom. The second-order valence-corrected chi connectivity index (χ2v) is 9.66. The van der Waals surface area contributed by atoms with Gasteiger partial charge in [0.25, 0.3) is 0 Å². The van der Waals surface area contributed by atoms with E-state index in [0.29, 0.717) is 13.2 Å². The lowest BCUT2D eigenvalue weighted by molar-refractivity contribution is 0.244. The van der Waals surface area contributed by atoms with Crippen LogP contribution in [0.2, 0.25) is 0 Å². The fourth-order valence-corrected chi connectivity index (χ4v) is 4.89. The molecular weight excluding hydrogens is 468 g/mol. The van der Waals surface area contributed by atoms with Gasteiger partial charge in [-0.25, -0.2) is 0 Å². The fraction of sp³-hybridized carbons (Fsp3) is 0.290. The molecule has 0 atom stereocenters. The molecular formula is C31H34O4S. The summed E-state index contributed by atoms with van der Waals surface area (Å²) >= 11 is 1.62. The lowest BCUT2D eigenvalue weighted by atomic mass is 10.1. The van der Waals surface area contributed by atoms with Crippen molar-refractivity contribution in [3.8, 4) is 39.2 Å². The molecule has 0 amide bonds. The van der Waals surface area contributed by atoms with Crippen molar-refractivity contribution in [2.24, 2.45) is 0 Å². The van der Waals surface area contributed by atoms with Crippen LogP contribution in [-0.4, -0.2) is 18.3 Å². The number of aromatic hydroxyl groups is 1. The molecule has 3 aromatic carbocycles. The fourth-order valence-electron chi connectivity index (χ4n) is 4.14. The SMILES string of the molecule is CCCc1c(OCCCOc2cc(O)c(-c3cccs3)cc2CC)cccc1Oc1ccccc1C. The normalized spacial score (nSPS) is 10.9. The molecule has 0 aliphatic carbocycles. The highest BCUT2D eigenvalue weighted by molar-refractivity contribution is 7.13. The molecule has 36 heavy (non-hydrogen) atoms. The van der Waals surface area contributed by atoms with Crippen LogP contribution < -0.4 is 14.2 Å². The molecule has 1 N–H and O–H groups in total. The van der Waals surface area contributed by atoms with Gasteiger partial charge in [-0.2, -0.15) is 0 Å². The van der Waals surface area contributed by atoms with Crippen molar-refractivity contribution in [2.75, 3.05) is 13.2 Å². The van der Waals surface area contributed by atoms with E-state index in [9.17, 15) is 5.11 Å². The van der Waals surface area contributed by atoms with Gasteiger partial charge in [0, 0.05) is 28.5 Å². The van der Waals surface area contributed by atoms with Gasteiger partial charge in [-0.1, -0.05) is 50.6 Å². The number of rotatable bonds is 12. The predicted octanol–water partition coefficient (Wildman–Crippen LogP) is 8.58. The van der Waals surface area contributed by atoms with Crippen molar-refractivity contribution in [3.05, 3.63) is 88.8 Å². The third-order valence-electron chi connectivity index (χ3n) is 6.05. The number of hydrogen-bond donors (Lipinski definition) is 1. The molecule has 1 heterocycles. The van der Waals surface area contributed by atoms with Gasteiger partial charge in [-0.05, 0) is 66.6 Å². The van der Waals surface area contributed by atoms with Crippen molar-refractivity contribution in [1.82, 2.24) is 0 Å². The molecule has 0 radical (unpaired) electrons. The van der Waals surface area contributed by atoms with Crippen LogP contribution in [0.15, 0.2) is 72.1 Å². The van der Waals surface area contributed by atoms with E-state index in [1.165, 1.54) is 0 Å². The minimum absolute atomic E-state index is 0.246. The minimum Gasteiger partial charge on any atom is -0.507 e. The van der Waals surface area contributed by atoms with E-state index in [4.69, 9.17) is 14.2 Å². The van der Waals surface area contributed by atoms with Crippen LogP contribution in [-0.2, 0) is 12.8 Å². The Balaban J connectivity index is 1.37. The van der Waals surface area contributed by atoms with E-state index >= 15 is 0 Å². The topological polar surface area (TPSA) is 47.9 Å². The maximum absolute atomic E-state index is 10.6. The average Bonchev–Trinajstić information content (AvgIpc) is 3.42. The molecule has 0 aliphatic heterocycles. The highest BCUT2D eigenvalue weighted by Crippen LogP contribution is 2.38. The first-order valence-corrected chi connectivity index (χ1v) is 13.5. The van der Waals surface area contributed by atoms with Gasteiger partial charge < -0.3 is 19.3 Å². The highest BCUT2D eigenvalue weighted by Gasteiger charge is 2.14. The Hall–Kier alpha value is -3.44. The second kappa shape index (κ2) is 12.5. The van der Waals surface area contributed by atoms with E-state index < -0.39 is 0 Å². The number of ether oxygens (including phenoxy) is 3. The van der Waals surface area contributed by atoms with E-state index in [1.807, 2.05) is 60.0 Å². The zero-order valence-electron chi connectivity index (χ0n) is 21.3. The van der Waals surface area contributed by atoms with Gasteiger partial charge in [-0.3, -0.25) is 0 Å². The molecule has 4 rings (SSSR count). The number of hydrogen-bond acceptors (Lipinski definition) is 5. The van der Waals surface area contributed by atoms with Gasteiger partial charge in [0.2, 0.25) is 0 Å². The van der Waals surface area contributed by atoms with E-state index in [2.05, 4.69) is 26.8 Å². The molecule has 4 nitrogen and oxygen atoms in total. The number of benzene rings is 3. The summed E-state index contributed by atoms with van der Waals surface area (Å²) in [7, 11) is 0. The van der Waals surface area contributed by atoms with Crippen molar-refractivity contribution < 1.29 is 19.3 Å². The summed E-state index contributed by atoms with van der Waals surface area (Å²) in [6, 6.07) is 21.8. The molecule has 0 saturated heterocycles. The van der Waals surface area contributed by atoms with E-state index in [-0.39, 0.29) is 5.75 Å². The summed E-state index contributed by atoms with van der Waals surface area (Å²) in [6.07, 6.45) is 3.44. The van der Waals surface area contributed by atoms with E-state index in [1.54, 1.807) is 17.4 Å². The summed E-state index contributed by atoms with van der Waals surface area (Å²) in [5, 5.41) is 12.6. The van der Waals surface area contributed by atoms with Gasteiger partial charge in [0.05, 0.1) is 13.2 Å². The zero-order chi connectivity index (χ0) is 25.3. The summed E-state index contributed by atoms with van der Waals surface area (Å²) in [5.74, 6) is 3.54. The van der Waals surface area contributed by atoms with Gasteiger partial charge >= 0.3 is 0 Å². The van der Waals surface area contributed by atoms with E-state index in [0.717, 1.165) is 75.8 Å². The molecule has 1 aromatic heterocycles. The summed E-state index contributed by atoms with van der Waals surface area (Å²) in [6.45, 7) is 7.35. The van der Waals surface area contributed by atoms with Crippen LogP contribution in [0.25, 0.3) is 10.4 Å². The zero-order valence-corrected chi connectivity index (χ0v) is 22.1. The third-order valence-corrected chi connectivity index (χ3v) is 6.96. The van der Waals surface area contributed by atoms with Crippen molar-refractivity contribution in [3.63, 3.8) is 0 Å². The van der Waals surface area contributed by atoms with Crippen LogP contribution >= 0.6 is 11.3 Å². The minimum atomic E-state index is 0.246. The second-order valence-electron chi connectivity index (χ2n) is 8.71. The van der Waals surface area contributed by atoms with Crippen LogP contribution in [0.1, 0.15) is 43.4 Å². The molecule has 0 fully saturated rings. The number of aryl methyl sites for hydroxylation is 2. The summed E-state index contributed by atoms with van der Waals surface area (Å²) in [5.41, 5.74) is 4.13. The van der Waals surface area contributed by atoms with Crippen molar-refractivity contribution in [1.29, 1.82) is 0 Å².